The van der Waals surface area contributed by atoms with Gasteiger partial charge < -0.3 is 9.84 Å². The predicted molar refractivity (Wildman–Crippen MR) is 130 cm³/mol. The number of para-hydroxylation sites is 1. The lowest BCUT2D eigenvalue weighted by molar-refractivity contribution is 0.104. The third-order valence-corrected chi connectivity index (χ3v) is 6.16. The van der Waals surface area contributed by atoms with Gasteiger partial charge in [-0.2, -0.15) is 5.10 Å². The summed E-state index contributed by atoms with van der Waals surface area (Å²) in [6, 6.07) is 26.1. The highest BCUT2D eigenvalue weighted by Crippen LogP contribution is 2.36. The van der Waals surface area contributed by atoms with Gasteiger partial charge in [0.05, 0.1) is 23.0 Å². The minimum Gasteiger partial charge on any atom is -0.438 e. The number of aromatic nitrogens is 2. The maximum Gasteiger partial charge on any atom is 0.227 e. The van der Waals surface area contributed by atoms with E-state index < -0.39 is 6.10 Å². The number of aryl methyl sites for hydroxylation is 1. The topological polar surface area (TPSA) is 50.5 Å². The van der Waals surface area contributed by atoms with Crippen LogP contribution in [-0.2, 0) is 6.54 Å². The molecule has 0 bridgehead atoms. The van der Waals surface area contributed by atoms with E-state index in [0.29, 0.717) is 30.8 Å². The molecule has 174 valence electrons. The standard InChI is InChI=1S/C28H28FN3O2/c1-20-26(18-31(23-15-16-23)19-27(33)21-9-4-2-5-10-21)28(34-25-14-8-11-22(29)17-25)32(30-20)24-12-6-3-7-13-24/h2-14,17,23,27,33H,15-16,18-19H2,1H3. The van der Waals surface area contributed by atoms with Crippen molar-refractivity contribution < 1.29 is 14.2 Å². The van der Waals surface area contributed by atoms with Crippen LogP contribution >= 0.6 is 0 Å². The first kappa shape index (κ1) is 22.3. The first-order valence-electron chi connectivity index (χ1n) is 11.6. The number of nitrogens with zero attached hydrogens (tertiary/aromatic N) is 3. The molecule has 1 atom stereocenters. The van der Waals surface area contributed by atoms with E-state index in [1.54, 1.807) is 16.8 Å². The second-order valence-corrected chi connectivity index (χ2v) is 8.76. The Morgan fingerprint density at radius 3 is 2.41 bits per heavy atom. The third-order valence-electron chi connectivity index (χ3n) is 6.16. The van der Waals surface area contributed by atoms with Gasteiger partial charge in [0.1, 0.15) is 11.6 Å². The van der Waals surface area contributed by atoms with Gasteiger partial charge in [0, 0.05) is 25.2 Å². The molecular weight excluding hydrogens is 429 g/mol. The van der Waals surface area contributed by atoms with Gasteiger partial charge in [-0.15, -0.1) is 0 Å². The average molecular weight is 458 g/mol. The molecule has 34 heavy (non-hydrogen) atoms. The Bertz CT molecular complexity index is 1240. The molecule has 1 fully saturated rings. The fourth-order valence-electron chi connectivity index (χ4n) is 4.20. The lowest BCUT2D eigenvalue weighted by atomic mass is 10.1. The maximum atomic E-state index is 13.9. The molecule has 6 heteroatoms. The van der Waals surface area contributed by atoms with Crippen LogP contribution in [0.25, 0.3) is 5.69 Å². The number of hydrogen-bond acceptors (Lipinski definition) is 4. The molecule has 0 saturated heterocycles. The molecule has 1 heterocycles. The summed E-state index contributed by atoms with van der Waals surface area (Å²) in [6.45, 7) is 3.06. The van der Waals surface area contributed by atoms with Gasteiger partial charge in [-0.25, -0.2) is 9.07 Å². The maximum absolute atomic E-state index is 13.9. The number of halogens is 1. The number of aliphatic hydroxyl groups excluding tert-OH is 1. The van der Waals surface area contributed by atoms with Crippen LogP contribution in [0.4, 0.5) is 4.39 Å². The summed E-state index contributed by atoms with van der Waals surface area (Å²) in [4.78, 5) is 2.30. The monoisotopic (exact) mass is 457 g/mol. The Kier molecular flexibility index (Phi) is 6.43. The summed E-state index contributed by atoms with van der Waals surface area (Å²) >= 11 is 0. The Morgan fingerprint density at radius 2 is 1.74 bits per heavy atom. The first-order chi connectivity index (χ1) is 16.6. The summed E-state index contributed by atoms with van der Waals surface area (Å²) in [7, 11) is 0. The quantitative estimate of drug-likeness (QED) is 0.345. The molecule has 0 amide bonds. The van der Waals surface area contributed by atoms with Crippen LogP contribution < -0.4 is 4.74 Å². The molecule has 1 aromatic heterocycles. The highest BCUT2D eigenvalue weighted by molar-refractivity contribution is 5.43. The number of rotatable bonds is 9. The molecule has 3 aromatic carbocycles. The second kappa shape index (κ2) is 9.79. The van der Waals surface area contributed by atoms with Gasteiger partial charge in [0.2, 0.25) is 5.88 Å². The van der Waals surface area contributed by atoms with Crippen molar-refractivity contribution in [3.05, 3.63) is 108 Å². The van der Waals surface area contributed by atoms with E-state index in [9.17, 15) is 9.50 Å². The van der Waals surface area contributed by atoms with Crippen LogP contribution in [0, 0.1) is 12.7 Å². The van der Waals surface area contributed by atoms with Crippen molar-refractivity contribution in [3.63, 3.8) is 0 Å². The molecule has 1 saturated carbocycles. The van der Waals surface area contributed by atoms with E-state index in [1.807, 2.05) is 67.6 Å². The predicted octanol–water partition coefficient (Wildman–Crippen LogP) is 5.81. The molecule has 0 aliphatic heterocycles. The van der Waals surface area contributed by atoms with Gasteiger partial charge in [-0.05, 0) is 49.6 Å². The van der Waals surface area contributed by atoms with Crippen molar-refractivity contribution >= 4 is 0 Å². The van der Waals surface area contributed by atoms with Crippen molar-refractivity contribution in [3.8, 4) is 17.3 Å². The van der Waals surface area contributed by atoms with Crippen LogP contribution in [0.3, 0.4) is 0 Å². The van der Waals surface area contributed by atoms with Crippen LogP contribution in [0.5, 0.6) is 11.6 Å². The van der Waals surface area contributed by atoms with Gasteiger partial charge in [0.15, 0.2) is 0 Å². The van der Waals surface area contributed by atoms with Crippen LogP contribution in [-0.4, -0.2) is 32.4 Å². The van der Waals surface area contributed by atoms with Crippen molar-refractivity contribution in [2.45, 2.75) is 38.5 Å². The molecule has 1 N–H and O–H groups in total. The van der Waals surface area contributed by atoms with Gasteiger partial charge in [-0.3, -0.25) is 4.90 Å². The zero-order chi connectivity index (χ0) is 23.5. The van der Waals surface area contributed by atoms with E-state index in [-0.39, 0.29) is 5.82 Å². The van der Waals surface area contributed by atoms with Crippen molar-refractivity contribution in [1.82, 2.24) is 14.7 Å². The Balaban J connectivity index is 1.48. The summed E-state index contributed by atoms with van der Waals surface area (Å²) < 4.78 is 21.9. The number of aliphatic hydroxyl groups is 1. The van der Waals surface area contributed by atoms with E-state index >= 15 is 0 Å². The number of hydrogen-bond donors (Lipinski definition) is 1. The fourth-order valence-corrected chi connectivity index (χ4v) is 4.20. The van der Waals surface area contributed by atoms with Gasteiger partial charge >= 0.3 is 0 Å². The molecule has 1 unspecified atom stereocenters. The SMILES string of the molecule is Cc1nn(-c2ccccc2)c(Oc2cccc(F)c2)c1CN(CC(O)c1ccccc1)C1CC1. The van der Waals surface area contributed by atoms with E-state index in [0.717, 1.165) is 35.3 Å². The van der Waals surface area contributed by atoms with Crippen LogP contribution in [0.1, 0.15) is 35.8 Å². The highest BCUT2D eigenvalue weighted by Gasteiger charge is 2.33. The molecule has 4 aromatic rings. The molecule has 5 rings (SSSR count). The normalized spacial score (nSPS) is 14.4. The second-order valence-electron chi connectivity index (χ2n) is 8.76. The minimum absolute atomic E-state index is 0.355. The number of ether oxygens (including phenoxy) is 1. The highest BCUT2D eigenvalue weighted by atomic mass is 19.1. The third kappa shape index (κ3) is 5.03. The van der Waals surface area contributed by atoms with Crippen molar-refractivity contribution in [2.24, 2.45) is 0 Å². The Labute approximate surface area is 199 Å². The van der Waals surface area contributed by atoms with Crippen LogP contribution in [0.2, 0.25) is 0 Å². The molecule has 5 nitrogen and oxygen atoms in total. The van der Waals surface area contributed by atoms with Crippen molar-refractivity contribution in [2.75, 3.05) is 6.54 Å². The molecule has 1 aliphatic rings. The fraction of sp³-hybridized carbons (Fsp3) is 0.250. The smallest absolute Gasteiger partial charge is 0.227 e. The molecule has 0 spiro atoms. The number of benzene rings is 3. The van der Waals surface area contributed by atoms with Gasteiger partial charge in [-0.1, -0.05) is 54.6 Å². The summed E-state index contributed by atoms with van der Waals surface area (Å²) in [5, 5.41) is 15.7. The Morgan fingerprint density at radius 1 is 1.03 bits per heavy atom. The van der Waals surface area contributed by atoms with Gasteiger partial charge in [0.25, 0.3) is 0 Å². The zero-order valence-electron chi connectivity index (χ0n) is 19.1. The minimum atomic E-state index is -0.584. The Hall–Kier alpha value is -3.48. The largest absolute Gasteiger partial charge is 0.438 e. The molecule has 1 aliphatic carbocycles. The van der Waals surface area contributed by atoms with Crippen molar-refractivity contribution in [1.29, 1.82) is 0 Å². The summed E-state index contributed by atoms with van der Waals surface area (Å²) in [5.41, 5.74) is 3.54. The lowest BCUT2D eigenvalue weighted by Crippen LogP contribution is -2.30. The van der Waals surface area contributed by atoms with E-state index in [2.05, 4.69) is 4.90 Å². The van der Waals surface area contributed by atoms with E-state index in [1.165, 1.54) is 12.1 Å². The first-order valence-corrected chi connectivity index (χ1v) is 11.6. The van der Waals surface area contributed by atoms with E-state index in [4.69, 9.17) is 9.84 Å². The summed E-state index contributed by atoms with van der Waals surface area (Å²) in [6.07, 6.45) is 1.62. The molecular formula is C28H28FN3O2. The van der Waals surface area contributed by atoms with Crippen LogP contribution in [0.15, 0.2) is 84.9 Å². The summed E-state index contributed by atoms with van der Waals surface area (Å²) in [5.74, 6) is 0.627. The molecule has 0 radical (unpaired) electrons. The average Bonchev–Trinajstić information content (AvgIpc) is 3.66. The zero-order valence-corrected chi connectivity index (χ0v) is 19.1. The lowest BCUT2D eigenvalue weighted by Gasteiger charge is -2.25.